The summed E-state index contributed by atoms with van der Waals surface area (Å²) in [7, 11) is 0. The van der Waals surface area contributed by atoms with Crippen molar-refractivity contribution in [2.24, 2.45) is 23.7 Å². The summed E-state index contributed by atoms with van der Waals surface area (Å²) in [4.78, 5) is 4.35. The molecule has 0 unspecified atom stereocenters. The molecule has 1 heterocycles. The molecule has 0 radical (unpaired) electrons. The fourth-order valence-corrected chi connectivity index (χ4v) is 4.80. The van der Waals surface area contributed by atoms with Crippen molar-refractivity contribution in [3.63, 3.8) is 0 Å². The maximum atomic E-state index is 9.02. The smallest absolute Gasteiger partial charge is 0.230 e. The molecule has 1 N–H and O–H groups in total. The lowest BCUT2D eigenvalue weighted by atomic mass is 9.52. The highest BCUT2D eigenvalue weighted by Crippen LogP contribution is 2.59. The van der Waals surface area contributed by atoms with E-state index in [1.807, 2.05) is 0 Å². The van der Waals surface area contributed by atoms with Gasteiger partial charge in [-0.25, -0.2) is 0 Å². The Morgan fingerprint density at radius 2 is 1.71 bits per heavy atom. The molecule has 0 aromatic carbocycles. The first-order valence-corrected chi connectivity index (χ1v) is 6.77. The summed E-state index contributed by atoms with van der Waals surface area (Å²) in [5, 5.41) is 12.8. The van der Waals surface area contributed by atoms with Gasteiger partial charge < -0.3 is 9.63 Å². The van der Waals surface area contributed by atoms with Crippen LogP contribution in [0.1, 0.15) is 49.7 Å². The van der Waals surface area contributed by atoms with Crippen molar-refractivity contribution in [2.45, 2.75) is 44.6 Å². The average molecular weight is 234 g/mol. The topological polar surface area (TPSA) is 59.2 Å². The molecule has 0 saturated heterocycles. The summed E-state index contributed by atoms with van der Waals surface area (Å²) >= 11 is 0. The van der Waals surface area contributed by atoms with Gasteiger partial charge in [0.2, 0.25) is 5.89 Å². The highest BCUT2D eigenvalue weighted by Gasteiger charge is 2.50. The molecule has 0 aliphatic heterocycles. The van der Waals surface area contributed by atoms with Crippen molar-refractivity contribution < 1.29 is 9.63 Å². The molecule has 4 aliphatic rings. The van der Waals surface area contributed by atoms with E-state index in [2.05, 4.69) is 10.1 Å². The van der Waals surface area contributed by atoms with Gasteiger partial charge in [-0.3, -0.25) is 0 Å². The monoisotopic (exact) mass is 234 g/mol. The zero-order valence-electron chi connectivity index (χ0n) is 9.88. The largest absolute Gasteiger partial charge is 0.388 e. The molecule has 4 fully saturated rings. The molecule has 4 bridgehead atoms. The number of hydrogen-bond donors (Lipinski definition) is 1. The fraction of sp³-hybridized carbons (Fsp3) is 0.846. The lowest BCUT2D eigenvalue weighted by Crippen LogP contribution is -2.43. The van der Waals surface area contributed by atoms with Crippen LogP contribution in [0.2, 0.25) is 0 Å². The third-order valence-electron chi connectivity index (χ3n) is 5.14. The summed E-state index contributed by atoms with van der Waals surface area (Å²) in [6, 6.07) is 0. The Morgan fingerprint density at radius 3 is 2.24 bits per heavy atom. The van der Waals surface area contributed by atoms with Crippen LogP contribution >= 0.6 is 0 Å². The van der Waals surface area contributed by atoms with Crippen LogP contribution in [0.3, 0.4) is 0 Å². The minimum absolute atomic E-state index is 0.114. The van der Waals surface area contributed by atoms with Crippen molar-refractivity contribution in [3.05, 3.63) is 11.7 Å². The second-order valence-electron chi connectivity index (χ2n) is 6.16. The molecule has 0 atom stereocenters. The van der Waals surface area contributed by atoms with E-state index in [9.17, 15) is 0 Å². The zero-order valence-corrected chi connectivity index (χ0v) is 9.88. The molecule has 17 heavy (non-hydrogen) atoms. The van der Waals surface area contributed by atoms with Crippen LogP contribution in [-0.4, -0.2) is 15.2 Å². The van der Waals surface area contributed by atoms with Gasteiger partial charge >= 0.3 is 0 Å². The Kier molecular flexibility index (Phi) is 2.10. The van der Waals surface area contributed by atoms with E-state index in [-0.39, 0.29) is 6.61 Å². The normalized spacial score (nSPS) is 43.2. The summed E-state index contributed by atoms with van der Waals surface area (Å²) in [5.74, 6) is 5.17. The first-order valence-electron chi connectivity index (χ1n) is 6.77. The molecule has 5 rings (SSSR count). The Bertz CT molecular complexity index is 401. The molecule has 4 aliphatic carbocycles. The number of aliphatic hydroxyl groups excluding tert-OH is 1. The molecule has 4 heteroatoms. The third kappa shape index (κ3) is 1.46. The summed E-state index contributed by atoms with van der Waals surface area (Å²) < 4.78 is 5.36. The third-order valence-corrected chi connectivity index (χ3v) is 5.14. The van der Waals surface area contributed by atoms with E-state index >= 15 is 0 Å². The number of rotatable bonds is 2. The van der Waals surface area contributed by atoms with Gasteiger partial charge in [0, 0.05) is 5.92 Å². The molecule has 0 amide bonds. The van der Waals surface area contributed by atoms with Crippen molar-refractivity contribution >= 4 is 0 Å². The van der Waals surface area contributed by atoms with Gasteiger partial charge in [0.05, 0.1) is 0 Å². The number of nitrogens with zero attached hydrogens (tertiary/aromatic N) is 2. The first kappa shape index (κ1) is 10.1. The highest BCUT2D eigenvalue weighted by molar-refractivity contribution is 5.09. The fourth-order valence-electron chi connectivity index (χ4n) is 4.80. The summed E-state index contributed by atoms with van der Waals surface area (Å²) in [5.41, 5.74) is 0. The van der Waals surface area contributed by atoms with E-state index in [1.54, 1.807) is 0 Å². The molecule has 92 valence electrons. The zero-order chi connectivity index (χ0) is 11.4. The Morgan fingerprint density at radius 1 is 1.06 bits per heavy atom. The van der Waals surface area contributed by atoms with E-state index in [0.29, 0.717) is 11.7 Å². The molecule has 1 aromatic rings. The van der Waals surface area contributed by atoms with Crippen molar-refractivity contribution in [1.29, 1.82) is 0 Å². The first-order chi connectivity index (χ1) is 8.33. The standard InChI is InChI=1S/C13H18N2O2/c16-6-11-14-13(17-15-11)12-9-2-7-1-8(4-9)5-10(12)3-7/h7-10,12,16H,1-6H2. The summed E-state index contributed by atoms with van der Waals surface area (Å²) in [6.07, 6.45) is 6.89. The van der Waals surface area contributed by atoms with Crippen molar-refractivity contribution in [3.8, 4) is 0 Å². The lowest BCUT2D eigenvalue weighted by molar-refractivity contribution is -0.0131. The molecule has 4 saturated carbocycles. The van der Waals surface area contributed by atoms with Crippen LogP contribution in [0.25, 0.3) is 0 Å². The van der Waals surface area contributed by atoms with Gasteiger partial charge in [-0.2, -0.15) is 4.98 Å². The van der Waals surface area contributed by atoms with Crippen LogP contribution in [-0.2, 0) is 6.61 Å². The van der Waals surface area contributed by atoms with Crippen LogP contribution in [0.5, 0.6) is 0 Å². The highest BCUT2D eigenvalue weighted by atomic mass is 16.5. The quantitative estimate of drug-likeness (QED) is 0.851. The van der Waals surface area contributed by atoms with Crippen molar-refractivity contribution in [2.75, 3.05) is 0 Å². The molecule has 1 aromatic heterocycles. The van der Waals surface area contributed by atoms with Gasteiger partial charge in [-0.05, 0) is 55.8 Å². The Balaban J connectivity index is 1.65. The molecule has 0 spiro atoms. The van der Waals surface area contributed by atoms with Crippen LogP contribution in [0.4, 0.5) is 0 Å². The maximum Gasteiger partial charge on any atom is 0.230 e. The van der Waals surface area contributed by atoms with Gasteiger partial charge in [0.1, 0.15) is 6.61 Å². The van der Waals surface area contributed by atoms with Gasteiger partial charge in [-0.15, -0.1) is 0 Å². The molecular weight excluding hydrogens is 216 g/mol. The minimum Gasteiger partial charge on any atom is -0.388 e. The Hall–Kier alpha value is -0.900. The SMILES string of the molecule is OCc1noc(C2C3CC4CC(C3)CC2C4)n1. The van der Waals surface area contributed by atoms with E-state index in [4.69, 9.17) is 9.63 Å². The predicted molar refractivity (Wildman–Crippen MR) is 60.0 cm³/mol. The summed E-state index contributed by atoms with van der Waals surface area (Å²) in [6.45, 7) is -0.114. The van der Waals surface area contributed by atoms with E-state index in [1.165, 1.54) is 32.1 Å². The van der Waals surface area contributed by atoms with Crippen molar-refractivity contribution in [1.82, 2.24) is 10.1 Å². The lowest BCUT2D eigenvalue weighted by Gasteiger charge is -2.53. The van der Waals surface area contributed by atoms with Gasteiger partial charge in [-0.1, -0.05) is 5.16 Å². The van der Waals surface area contributed by atoms with E-state index < -0.39 is 0 Å². The molecular formula is C13H18N2O2. The van der Waals surface area contributed by atoms with Crippen LogP contribution in [0, 0.1) is 23.7 Å². The predicted octanol–water partition coefficient (Wildman–Crippen LogP) is 2.10. The van der Waals surface area contributed by atoms with Crippen LogP contribution in [0.15, 0.2) is 4.52 Å². The second-order valence-corrected chi connectivity index (χ2v) is 6.16. The van der Waals surface area contributed by atoms with E-state index in [0.717, 1.165) is 29.6 Å². The number of aromatic nitrogens is 2. The average Bonchev–Trinajstić information content (AvgIpc) is 2.76. The Labute approximate surface area is 100 Å². The number of hydrogen-bond acceptors (Lipinski definition) is 4. The number of aliphatic hydroxyl groups is 1. The van der Waals surface area contributed by atoms with Crippen LogP contribution < -0.4 is 0 Å². The minimum atomic E-state index is -0.114. The van der Waals surface area contributed by atoms with Gasteiger partial charge in [0.15, 0.2) is 5.82 Å². The maximum absolute atomic E-state index is 9.02. The second kappa shape index (κ2) is 3.55. The van der Waals surface area contributed by atoms with Gasteiger partial charge in [0.25, 0.3) is 0 Å². The molecule has 4 nitrogen and oxygen atoms in total.